The van der Waals surface area contributed by atoms with E-state index >= 15 is 0 Å². The van der Waals surface area contributed by atoms with Gasteiger partial charge in [0.25, 0.3) is 5.91 Å². The Balaban J connectivity index is 0.00000361. The summed E-state index contributed by atoms with van der Waals surface area (Å²) in [5, 5.41) is 3.13. The molecule has 181 valence electrons. The largest absolute Gasteiger partial charge is 0.497 e. The molecule has 9 heteroatoms. The molecule has 4 rings (SSSR count). The van der Waals surface area contributed by atoms with Gasteiger partial charge in [-0.15, -0.1) is 5.56 Å². The molecule has 1 aromatic heterocycles. The maximum absolute atomic E-state index is 13.0. The fourth-order valence-electron chi connectivity index (χ4n) is 3.59. The molecule has 1 radical (unpaired) electrons. The van der Waals surface area contributed by atoms with E-state index in [2.05, 4.69) is 11.4 Å². The van der Waals surface area contributed by atoms with Gasteiger partial charge in [-0.25, -0.2) is 4.79 Å². The molecule has 8 nitrogen and oxygen atoms in total. The van der Waals surface area contributed by atoms with Gasteiger partial charge in [0, 0.05) is 62.1 Å². The minimum absolute atomic E-state index is 0. The summed E-state index contributed by atoms with van der Waals surface area (Å²) in [7, 11) is 3.12. The van der Waals surface area contributed by atoms with Crippen molar-refractivity contribution in [2.75, 3.05) is 19.5 Å². The Morgan fingerprint density at radius 2 is 1.78 bits per heavy atom. The van der Waals surface area contributed by atoms with Crippen molar-refractivity contribution >= 4 is 28.5 Å². The second kappa shape index (κ2) is 11.5. The van der Waals surface area contributed by atoms with E-state index in [4.69, 9.17) is 18.6 Å². The van der Waals surface area contributed by atoms with Gasteiger partial charge < -0.3 is 23.9 Å². The molecule has 0 fully saturated rings. The van der Waals surface area contributed by atoms with E-state index in [0.29, 0.717) is 33.6 Å². The number of nitrogens with one attached hydrogen (secondary N) is 1. The second-order valence-electron chi connectivity index (χ2n) is 7.71. The number of carbonyl (C=O) groups excluding carboxylic acids is 2. The zero-order valence-electron chi connectivity index (χ0n) is 20.1. The van der Waals surface area contributed by atoms with Crippen LogP contribution in [0.25, 0.3) is 22.1 Å². The molecule has 0 saturated carbocycles. The van der Waals surface area contributed by atoms with Crippen LogP contribution in [-0.4, -0.2) is 26.1 Å². The van der Waals surface area contributed by atoms with Crippen LogP contribution < -0.4 is 25.2 Å². The molecule has 1 amide bonds. The van der Waals surface area contributed by atoms with Crippen LogP contribution in [0.3, 0.4) is 0 Å². The molecular formula is C27H22NO7Y-. The van der Waals surface area contributed by atoms with Gasteiger partial charge in [-0.1, -0.05) is 36.6 Å². The van der Waals surface area contributed by atoms with Crippen LogP contribution in [0.15, 0.2) is 63.8 Å². The monoisotopic (exact) mass is 561 g/mol. The van der Waals surface area contributed by atoms with Gasteiger partial charge in [-0.2, -0.15) is 6.07 Å². The van der Waals surface area contributed by atoms with Gasteiger partial charge >= 0.3 is 11.6 Å². The molecule has 0 saturated heterocycles. The molecule has 0 aliphatic carbocycles. The van der Waals surface area contributed by atoms with E-state index in [9.17, 15) is 14.4 Å². The minimum Gasteiger partial charge on any atom is -0.497 e. The van der Waals surface area contributed by atoms with E-state index in [0.717, 1.165) is 5.56 Å². The molecule has 0 unspecified atom stereocenters. The second-order valence-corrected chi connectivity index (χ2v) is 7.71. The van der Waals surface area contributed by atoms with Gasteiger partial charge in [0.1, 0.15) is 17.2 Å². The Kier molecular flexibility index (Phi) is 8.66. The fourth-order valence-corrected chi connectivity index (χ4v) is 3.59. The Morgan fingerprint density at radius 1 is 1.00 bits per heavy atom. The van der Waals surface area contributed by atoms with Crippen molar-refractivity contribution in [3.8, 4) is 28.4 Å². The predicted octanol–water partition coefficient (Wildman–Crippen LogP) is 4.76. The van der Waals surface area contributed by atoms with Crippen LogP contribution in [0.4, 0.5) is 5.69 Å². The Labute approximate surface area is 232 Å². The molecule has 1 heterocycles. The standard InChI is InChI=1S/C27H22NO7.Y/c1-15-10-19-13-22(27(31)35-25(19)14-24(15)34-16(2)29)28-26(30)18-8-9-23(33-4)21(12-18)17-6-5-7-20(11-17)32-3;/h5-13H,1-4H3,(H,28,30);/q-1;. The van der Waals surface area contributed by atoms with Gasteiger partial charge in [-0.05, 0) is 35.9 Å². The molecule has 0 aliphatic rings. The van der Waals surface area contributed by atoms with Crippen molar-refractivity contribution in [2.45, 2.75) is 13.8 Å². The summed E-state index contributed by atoms with van der Waals surface area (Å²) in [5.41, 5.74) is 1.74. The number of methoxy groups -OCH3 is 2. The molecule has 0 aliphatic heterocycles. The van der Waals surface area contributed by atoms with Crippen molar-refractivity contribution in [3.05, 3.63) is 82.2 Å². The first-order chi connectivity index (χ1) is 16.8. The molecule has 36 heavy (non-hydrogen) atoms. The number of fused-ring (bicyclic) bond motifs is 1. The quantitative estimate of drug-likeness (QED) is 0.157. The number of hydrogen-bond acceptors (Lipinski definition) is 7. The van der Waals surface area contributed by atoms with E-state index in [1.807, 2.05) is 24.3 Å². The number of benzene rings is 3. The average Bonchev–Trinajstić information content (AvgIpc) is 2.84. The number of hydrogen-bond donors (Lipinski definition) is 1. The van der Waals surface area contributed by atoms with Crippen molar-refractivity contribution < 1.29 is 60.9 Å². The van der Waals surface area contributed by atoms with E-state index in [-0.39, 0.29) is 49.7 Å². The number of ether oxygens (including phenoxy) is 3. The maximum Gasteiger partial charge on any atom is 0.357 e. The molecular weight excluding hydrogens is 539 g/mol. The number of esters is 1. The summed E-state index contributed by atoms with van der Waals surface area (Å²) in [6, 6.07) is 18.3. The van der Waals surface area contributed by atoms with Crippen molar-refractivity contribution in [1.82, 2.24) is 0 Å². The molecule has 0 atom stereocenters. The molecule has 3 aromatic carbocycles. The molecule has 0 bridgehead atoms. The van der Waals surface area contributed by atoms with E-state index in [1.165, 1.54) is 13.0 Å². The van der Waals surface area contributed by atoms with Crippen LogP contribution in [0.5, 0.6) is 17.2 Å². The summed E-state index contributed by atoms with van der Waals surface area (Å²) in [5.74, 6) is 0.406. The Bertz CT molecular complexity index is 1510. The topological polar surface area (TPSA) is 104 Å². The van der Waals surface area contributed by atoms with Gasteiger partial charge in [0.05, 0.1) is 14.2 Å². The SMILES string of the molecule is COc1cccc(-c2cc(C(=O)Nc3cc4cc(C)c(OC(C)=O)[c-]c4oc3=O)ccc2OC)c1.[Y]. The summed E-state index contributed by atoms with van der Waals surface area (Å²) in [6.45, 7) is 3.00. The number of carbonyl (C=O) groups is 2. The minimum atomic E-state index is -0.763. The van der Waals surface area contributed by atoms with Crippen LogP contribution in [0.2, 0.25) is 0 Å². The maximum atomic E-state index is 13.0. The summed E-state index contributed by atoms with van der Waals surface area (Å²) in [4.78, 5) is 36.8. The Morgan fingerprint density at radius 3 is 2.47 bits per heavy atom. The predicted molar refractivity (Wildman–Crippen MR) is 130 cm³/mol. The molecule has 1 N–H and O–H groups in total. The third-order valence-corrected chi connectivity index (χ3v) is 5.27. The summed E-state index contributed by atoms with van der Waals surface area (Å²) < 4.78 is 21.2. The fraction of sp³-hybridized carbons (Fsp3) is 0.148. The smallest absolute Gasteiger partial charge is 0.357 e. The first-order valence-corrected chi connectivity index (χ1v) is 10.6. The van der Waals surface area contributed by atoms with Crippen LogP contribution in [0.1, 0.15) is 22.8 Å². The molecule has 0 spiro atoms. The third kappa shape index (κ3) is 5.83. The van der Waals surface area contributed by atoms with Crippen molar-refractivity contribution in [1.29, 1.82) is 0 Å². The van der Waals surface area contributed by atoms with Gasteiger partial charge in [-0.3, -0.25) is 9.59 Å². The number of anilines is 1. The van der Waals surface area contributed by atoms with Crippen LogP contribution in [-0.2, 0) is 37.5 Å². The zero-order chi connectivity index (χ0) is 25.1. The number of amides is 1. The first-order valence-electron chi connectivity index (χ1n) is 10.6. The average molecular weight is 561 g/mol. The van der Waals surface area contributed by atoms with Crippen molar-refractivity contribution in [3.63, 3.8) is 0 Å². The van der Waals surface area contributed by atoms with Crippen LogP contribution in [0, 0.1) is 13.0 Å². The zero-order valence-corrected chi connectivity index (χ0v) is 23.0. The van der Waals surface area contributed by atoms with Crippen LogP contribution >= 0.6 is 0 Å². The van der Waals surface area contributed by atoms with Crippen molar-refractivity contribution in [2.24, 2.45) is 0 Å². The first kappa shape index (κ1) is 27.1. The number of aryl methyl sites for hydroxylation is 1. The summed E-state index contributed by atoms with van der Waals surface area (Å²) in [6.07, 6.45) is 0. The van der Waals surface area contributed by atoms with E-state index < -0.39 is 17.5 Å². The summed E-state index contributed by atoms with van der Waals surface area (Å²) >= 11 is 0. The Hall–Kier alpha value is -3.49. The third-order valence-electron chi connectivity index (χ3n) is 5.27. The normalized spacial score (nSPS) is 10.3. The van der Waals surface area contributed by atoms with Gasteiger partial charge in [0.2, 0.25) is 0 Å². The molecule has 4 aromatic rings. The van der Waals surface area contributed by atoms with E-state index in [1.54, 1.807) is 45.4 Å². The van der Waals surface area contributed by atoms with Gasteiger partial charge in [0.15, 0.2) is 0 Å². The number of rotatable bonds is 6.